The molecule has 0 aromatic carbocycles. The maximum absolute atomic E-state index is 12.7. The number of rotatable bonds is 11. The fraction of sp³-hybridized carbons (Fsp3) is 0.684. The number of anilines is 1. The van der Waals surface area contributed by atoms with Crippen LogP contribution in [0.2, 0.25) is 5.28 Å². The van der Waals surface area contributed by atoms with Crippen LogP contribution in [-0.2, 0) is 28.1 Å². The molecule has 14 nitrogen and oxygen atoms in total. The number of ether oxygens (including phenoxy) is 3. The van der Waals surface area contributed by atoms with E-state index in [1.165, 1.54) is 24.7 Å². The highest BCUT2D eigenvalue weighted by Crippen LogP contribution is 2.56. The van der Waals surface area contributed by atoms with Gasteiger partial charge in [0.2, 0.25) is 5.28 Å². The first-order valence-electron chi connectivity index (χ1n) is 10.9. The Kier molecular flexibility index (Phi) is 8.71. The topological polar surface area (TPSA) is 187 Å². The molecule has 196 valence electrons. The summed E-state index contributed by atoms with van der Waals surface area (Å²) in [6.07, 6.45) is -3.96. The molecule has 1 aliphatic heterocycles. The van der Waals surface area contributed by atoms with E-state index in [0.29, 0.717) is 17.9 Å². The Labute approximate surface area is 206 Å². The van der Waals surface area contributed by atoms with Crippen LogP contribution in [0.1, 0.15) is 33.9 Å². The molecule has 0 amide bonds. The second-order valence-corrected chi connectivity index (χ2v) is 10.2. The Morgan fingerprint density at radius 3 is 2.63 bits per heavy atom. The lowest BCUT2D eigenvalue weighted by Gasteiger charge is -2.31. The molecule has 1 fully saturated rings. The minimum atomic E-state index is -4.66. The van der Waals surface area contributed by atoms with Crippen molar-refractivity contribution in [1.29, 1.82) is 0 Å². The van der Waals surface area contributed by atoms with Crippen LogP contribution in [0.5, 0.6) is 0 Å². The first-order valence-corrected chi connectivity index (χ1v) is 12.9. The van der Waals surface area contributed by atoms with Crippen molar-refractivity contribution in [3.8, 4) is 0 Å². The maximum Gasteiger partial charge on any atom is 0.370 e. The van der Waals surface area contributed by atoms with Crippen molar-refractivity contribution >= 4 is 42.1 Å². The van der Waals surface area contributed by atoms with Crippen LogP contribution in [0, 0.1) is 0 Å². The third-order valence-electron chi connectivity index (χ3n) is 5.38. The van der Waals surface area contributed by atoms with E-state index in [2.05, 4.69) is 20.3 Å². The number of nitrogens with zero attached hydrogens (tertiary/aromatic N) is 4. The van der Waals surface area contributed by atoms with Crippen LogP contribution in [-0.4, -0.2) is 90.6 Å². The van der Waals surface area contributed by atoms with Crippen LogP contribution < -0.4 is 5.32 Å². The predicted molar refractivity (Wildman–Crippen MR) is 123 cm³/mol. The minimum absolute atomic E-state index is 0.0667. The maximum atomic E-state index is 12.7. The number of aliphatic hydroxyl groups is 2. The van der Waals surface area contributed by atoms with E-state index in [4.69, 9.17) is 30.3 Å². The van der Waals surface area contributed by atoms with Gasteiger partial charge in [-0.05, 0) is 39.3 Å². The Morgan fingerprint density at radius 2 is 2.00 bits per heavy atom. The van der Waals surface area contributed by atoms with Gasteiger partial charge in [-0.1, -0.05) is 0 Å². The molecule has 35 heavy (non-hydrogen) atoms. The average Bonchev–Trinajstić information content (AvgIpc) is 3.33. The third kappa shape index (κ3) is 5.30. The number of esters is 1. The van der Waals surface area contributed by atoms with Crippen LogP contribution in [0.4, 0.5) is 5.82 Å². The Hall–Kier alpha value is -1.90. The normalized spacial score (nSPS) is 25.8. The number of carbonyl (C=O) groups is 1. The molecule has 2 aromatic heterocycles. The van der Waals surface area contributed by atoms with Crippen molar-refractivity contribution in [2.45, 2.75) is 57.6 Å². The van der Waals surface area contributed by atoms with E-state index in [1.54, 1.807) is 0 Å². The number of imidazole rings is 1. The summed E-state index contributed by atoms with van der Waals surface area (Å²) in [7, 11) is -4.66. The number of nitrogens with one attached hydrogen (secondary N) is 1. The molecule has 1 aliphatic rings. The highest BCUT2D eigenvalue weighted by atomic mass is 35.5. The second-order valence-electron chi connectivity index (χ2n) is 7.69. The molecule has 1 saturated heterocycles. The summed E-state index contributed by atoms with van der Waals surface area (Å²) in [5.41, 5.74) is 0.611. The molecule has 0 aliphatic carbocycles. The monoisotopic (exact) mass is 537 g/mol. The number of halogens is 1. The lowest BCUT2D eigenvalue weighted by Crippen LogP contribution is -2.44. The SMILES string of the molecule is CCNc1nc(Cl)nc2c1ncn2[C@@H]1O[C@H](CO[C@@](C)(C(=O)OCC)P(=O)(O)OCC)[C@@H](O)[C@H]1O. The molecule has 6 atom stereocenters. The van der Waals surface area contributed by atoms with Gasteiger partial charge in [-0.25, -0.2) is 9.78 Å². The van der Waals surface area contributed by atoms with E-state index in [9.17, 15) is 24.5 Å². The van der Waals surface area contributed by atoms with Gasteiger partial charge in [0, 0.05) is 6.54 Å². The minimum Gasteiger partial charge on any atom is -0.463 e. The smallest absolute Gasteiger partial charge is 0.370 e. The molecule has 0 radical (unpaired) electrons. The fourth-order valence-corrected chi connectivity index (χ4v) is 4.82. The highest BCUT2D eigenvalue weighted by molar-refractivity contribution is 7.55. The Balaban J connectivity index is 1.85. The zero-order valence-electron chi connectivity index (χ0n) is 19.6. The van der Waals surface area contributed by atoms with Gasteiger partial charge in [0.25, 0.3) is 5.34 Å². The van der Waals surface area contributed by atoms with Gasteiger partial charge >= 0.3 is 13.6 Å². The van der Waals surface area contributed by atoms with E-state index < -0.39 is 50.1 Å². The zero-order valence-corrected chi connectivity index (χ0v) is 21.3. The fourth-order valence-electron chi connectivity index (χ4n) is 3.53. The molecule has 1 unspecified atom stereocenters. The summed E-state index contributed by atoms with van der Waals surface area (Å²) in [6.45, 7) is 5.69. The second kappa shape index (κ2) is 11.0. The summed E-state index contributed by atoms with van der Waals surface area (Å²) in [4.78, 5) is 35.3. The first kappa shape index (κ1) is 27.7. The number of aromatic nitrogens is 4. The van der Waals surface area contributed by atoms with Gasteiger partial charge in [-0.3, -0.25) is 9.13 Å². The van der Waals surface area contributed by atoms with E-state index >= 15 is 0 Å². The van der Waals surface area contributed by atoms with Crippen molar-refractivity contribution in [1.82, 2.24) is 19.5 Å². The van der Waals surface area contributed by atoms with Gasteiger partial charge in [0.15, 0.2) is 23.2 Å². The summed E-state index contributed by atoms with van der Waals surface area (Å²) >= 11 is 6.03. The third-order valence-corrected chi connectivity index (χ3v) is 7.54. The van der Waals surface area contributed by atoms with Crippen LogP contribution >= 0.6 is 19.2 Å². The van der Waals surface area contributed by atoms with Crippen molar-refractivity contribution in [3.05, 3.63) is 11.6 Å². The Bertz CT molecular complexity index is 1100. The number of hydrogen-bond acceptors (Lipinski definition) is 12. The molecule has 2 aromatic rings. The molecule has 0 bridgehead atoms. The average molecular weight is 538 g/mol. The number of aliphatic hydroxyl groups excluding tert-OH is 2. The molecule has 0 spiro atoms. The molecule has 16 heteroatoms. The molecular weight excluding hydrogens is 509 g/mol. The summed E-state index contributed by atoms with van der Waals surface area (Å²) < 4.78 is 35.2. The van der Waals surface area contributed by atoms with Crippen molar-refractivity contribution in [3.63, 3.8) is 0 Å². The predicted octanol–water partition coefficient (Wildman–Crippen LogP) is 1.05. The van der Waals surface area contributed by atoms with E-state index in [-0.39, 0.29) is 24.1 Å². The Morgan fingerprint density at radius 1 is 1.29 bits per heavy atom. The summed E-state index contributed by atoms with van der Waals surface area (Å²) in [6, 6.07) is 0. The van der Waals surface area contributed by atoms with Gasteiger partial charge < -0.3 is 39.2 Å². The standard InChI is InChI=1S/C19H29ClN5O9P/c1-5-21-14-11-15(24-18(20)23-14)25(9-22-11)16-13(27)12(26)10(34-16)8-32-19(4,17(28)31-6-2)35(29,30)33-7-3/h9-10,12-13,16,26-27H,5-8H2,1-4H3,(H,29,30)(H,21,23,24)/t10-,12-,13-,16-,19-/m1/s1. The molecule has 3 heterocycles. The molecular formula is C19H29ClN5O9P. The highest BCUT2D eigenvalue weighted by Gasteiger charge is 2.55. The van der Waals surface area contributed by atoms with Crippen LogP contribution in [0.15, 0.2) is 6.33 Å². The van der Waals surface area contributed by atoms with Gasteiger partial charge in [0.05, 0.1) is 26.1 Å². The lowest BCUT2D eigenvalue weighted by atomic mass is 10.1. The summed E-state index contributed by atoms with van der Waals surface area (Å²) in [5.74, 6) is -0.735. The van der Waals surface area contributed by atoms with Crippen molar-refractivity contribution in [2.75, 3.05) is 31.7 Å². The molecule has 4 N–H and O–H groups in total. The van der Waals surface area contributed by atoms with E-state index in [0.717, 1.165) is 6.92 Å². The van der Waals surface area contributed by atoms with Gasteiger partial charge in [-0.15, -0.1) is 0 Å². The lowest BCUT2D eigenvalue weighted by molar-refractivity contribution is -0.167. The number of hydrogen-bond donors (Lipinski definition) is 4. The molecule has 0 saturated carbocycles. The van der Waals surface area contributed by atoms with Crippen LogP contribution in [0.25, 0.3) is 11.2 Å². The van der Waals surface area contributed by atoms with Crippen molar-refractivity contribution < 1.29 is 43.2 Å². The van der Waals surface area contributed by atoms with Gasteiger partial charge in [0.1, 0.15) is 18.3 Å². The first-order chi connectivity index (χ1) is 16.5. The van der Waals surface area contributed by atoms with Crippen LogP contribution in [0.3, 0.4) is 0 Å². The largest absolute Gasteiger partial charge is 0.463 e. The quantitative estimate of drug-likeness (QED) is 0.181. The number of carbonyl (C=O) groups excluding carboxylic acids is 1. The van der Waals surface area contributed by atoms with Gasteiger partial charge in [-0.2, -0.15) is 9.97 Å². The molecule has 3 rings (SSSR count). The van der Waals surface area contributed by atoms with E-state index in [1.807, 2.05) is 6.92 Å². The van der Waals surface area contributed by atoms with Crippen molar-refractivity contribution in [2.24, 2.45) is 0 Å². The number of fused-ring (bicyclic) bond motifs is 1. The zero-order chi connectivity index (χ0) is 26.0. The summed E-state index contributed by atoms with van der Waals surface area (Å²) in [5, 5.41) is 21.8.